The molecule has 3 aromatic rings. The highest BCUT2D eigenvalue weighted by molar-refractivity contribution is 6.10. The highest BCUT2D eigenvalue weighted by Crippen LogP contribution is 2.34. The number of aromatic amines is 1. The molecule has 1 aliphatic heterocycles. The molecule has 2 aromatic carbocycles. The first kappa shape index (κ1) is 22.2. The number of halogens is 3. The van der Waals surface area contributed by atoms with Gasteiger partial charge in [0.15, 0.2) is 0 Å². The molecule has 172 valence electrons. The minimum absolute atomic E-state index is 0.0886. The molecule has 1 aliphatic rings. The van der Waals surface area contributed by atoms with Crippen molar-refractivity contribution in [2.45, 2.75) is 18.3 Å². The first-order valence-electron chi connectivity index (χ1n) is 9.88. The first-order chi connectivity index (χ1) is 15.7. The van der Waals surface area contributed by atoms with Crippen molar-refractivity contribution in [2.24, 2.45) is 0 Å². The van der Waals surface area contributed by atoms with E-state index in [9.17, 15) is 27.6 Å². The van der Waals surface area contributed by atoms with Gasteiger partial charge in [-0.1, -0.05) is 18.2 Å². The number of aromatic nitrogens is 1. The lowest BCUT2D eigenvalue weighted by molar-refractivity contribution is -0.200. The number of rotatable bonds is 6. The van der Waals surface area contributed by atoms with Crippen molar-refractivity contribution in [2.75, 3.05) is 13.7 Å². The monoisotopic (exact) mass is 460 g/mol. The second-order valence-corrected chi connectivity index (χ2v) is 7.43. The van der Waals surface area contributed by atoms with E-state index in [1.54, 1.807) is 41.1 Å². The summed E-state index contributed by atoms with van der Waals surface area (Å²) in [6, 6.07) is 11.1. The van der Waals surface area contributed by atoms with Crippen LogP contribution < -0.4 is 15.4 Å². The zero-order chi connectivity index (χ0) is 23.8. The van der Waals surface area contributed by atoms with E-state index in [1.165, 1.54) is 31.4 Å². The quantitative estimate of drug-likeness (QED) is 0.492. The van der Waals surface area contributed by atoms with Crippen LogP contribution in [0.3, 0.4) is 0 Å². The topological polar surface area (TPSA) is 104 Å². The summed E-state index contributed by atoms with van der Waals surface area (Å²) in [5.41, 5.74) is -2.19. The summed E-state index contributed by atoms with van der Waals surface area (Å²) in [6.45, 7) is -0.326. The molecule has 0 radical (unpaired) electrons. The van der Waals surface area contributed by atoms with E-state index in [1.807, 2.05) is 0 Å². The molecular weight excluding hydrogens is 441 g/mol. The van der Waals surface area contributed by atoms with Gasteiger partial charge in [-0.15, -0.1) is 0 Å². The summed E-state index contributed by atoms with van der Waals surface area (Å²) in [5.74, 6) is -2.16. The van der Waals surface area contributed by atoms with Gasteiger partial charge >= 0.3 is 12.2 Å². The predicted octanol–water partition coefficient (Wildman–Crippen LogP) is 2.96. The Morgan fingerprint density at radius 3 is 2.55 bits per heavy atom. The maximum Gasteiger partial charge on any atom is 0.440 e. The number of hydrogen-bond acceptors (Lipinski definition) is 4. The van der Waals surface area contributed by atoms with Crippen LogP contribution in [0.15, 0.2) is 54.7 Å². The third-order valence-corrected chi connectivity index (χ3v) is 5.45. The maximum absolute atomic E-state index is 14.0. The van der Waals surface area contributed by atoms with E-state index < -0.39 is 29.7 Å². The van der Waals surface area contributed by atoms with Gasteiger partial charge in [-0.25, -0.2) is 4.79 Å². The lowest BCUT2D eigenvalue weighted by atomic mass is 10.1. The Bertz CT molecular complexity index is 1230. The number of alkyl halides is 3. The zero-order valence-electron chi connectivity index (χ0n) is 17.3. The van der Waals surface area contributed by atoms with Gasteiger partial charge in [0.1, 0.15) is 5.75 Å². The second kappa shape index (κ2) is 8.15. The van der Waals surface area contributed by atoms with Gasteiger partial charge in [-0.05, 0) is 42.3 Å². The van der Waals surface area contributed by atoms with Gasteiger partial charge < -0.3 is 15.0 Å². The molecule has 0 bridgehead atoms. The second-order valence-electron chi connectivity index (χ2n) is 7.43. The van der Waals surface area contributed by atoms with E-state index in [-0.39, 0.29) is 18.5 Å². The fourth-order valence-corrected chi connectivity index (χ4v) is 3.68. The number of carbonyl (C=O) groups excluding carboxylic acids is 3. The van der Waals surface area contributed by atoms with Gasteiger partial charge in [0.05, 0.1) is 7.11 Å². The number of nitrogens with zero attached hydrogens (tertiary/aromatic N) is 1. The Hall–Kier alpha value is -4.02. The molecule has 0 aliphatic carbocycles. The van der Waals surface area contributed by atoms with Crippen LogP contribution in [0, 0.1) is 0 Å². The van der Waals surface area contributed by atoms with Crippen molar-refractivity contribution >= 4 is 28.7 Å². The Morgan fingerprint density at radius 1 is 1.15 bits per heavy atom. The summed E-state index contributed by atoms with van der Waals surface area (Å²) in [6.07, 6.45) is -3.53. The summed E-state index contributed by atoms with van der Waals surface area (Å²) >= 11 is 0. The molecule has 8 nitrogen and oxygen atoms in total. The lowest BCUT2D eigenvalue weighted by Crippen LogP contribution is -2.69. The molecule has 1 aromatic heterocycles. The van der Waals surface area contributed by atoms with Crippen LogP contribution in [0.1, 0.15) is 15.9 Å². The number of methoxy groups -OCH3 is 1. The van der Waals surface area contributed by atoms with Gasteiger partial charge in [-0.2, -0.15) is 13.2 Å². The van der Waals surface area contributed by atoms with Crippen LogP contribution in [0.5, 0.6) is 5.75 Å². The third-order valence-electron chi connectivity index (χ3n) is 5.45. The van der Waals surface area contributed by atoms with E-state index in [0.29, 0.717) is 16.2 Å². The number of H-pyrrole nitrogens is 1. The molecule has 33 heavy (non-hydrogen) atoms. The highest BCUT2D eigenvalue weighted by Gasteiger charge is 2.68. The van der Waals surface area contributed by atoms with E-state index in [4.69, 9.17) is 4.74 Å². The SMILES string of the molecule is COc1ccc2[nH]cc(CCN3C(=O)NC(NC(=O)c4ccccc4)(C(F)(F)F)C3=O)c2c1. The molecule has 1 unspecified atom stereocenters. The predicted molar refractivity (Wildman–Crippen MR) is 111 cm³/mol. The van der Waals surface area contributed by atoms with Crippen LogP contribution in [-0.2, 0) is 11.2 Å². The number of carbonyl (C=O) groups is 3. The molecule has 1 saturated heterocycles. The van der Waals surface area contributed by atoms with Crippen molar-refractivity contribution in [3.05, 3.63) is 65.9 Å². The summed E-state index contributed by atoms with van der Waals surface area (Å²) < 4.78 is 47.2. The number of amides is 4. The minimum Gasteiger partial charge on any atom is -0.497 e. The Kier molecular flexibility index (Phi) is 5.48. The number of nitrogens with one attached hydrogen (secondary N) is 3. The van der Waals surface area contributed by atoms with Crippen molar-refractivity contribution in [3.8, 4) is 5.75 Å². The van der Waals surface area contributed by atoms with Gasteiger partial charge in [-0.3, -0.25) is 19.8 Å². The average molecular weight is 460 g/mol. The normalized spacial score (nSPS) is 18.5. The average Bonchev–Trinajstić information content (AvgIpc) is 3.30. The number of fused-ring (bicyclic) bond motifs is 1. The van der Waals surface area contributed by atoms with Crippen LogP contribution in [-0.4, -0.2) is 53.2 Å². The number of ether oxygens (including phenoxy) is 1. The molecule has 4 amide bonds. The standard InChI is InChI=1S/C22H19F3N4O4/c1-33-15-7-8-17-16(11-15)14(12-26-17)9-10-29-19(31)21(22(23,24)25,28-20(29)32)27-18(30)13-5-3-2-4-6-13/h2-8,11-12,26H,9-10H2,1H3,(H,27,30)(H,28,32). The maximum atomic E-state index is 14.0. The molecule has 11 heteroatoms. The number of urea groups is 1. The summed E-state index contributed by atoms with van der Waals surface area (Å²) in [4.78, 5) is 41.2. The minimum atomic E-state index is -5.27. The number of benzene rings is 2. The van der Waals surface area contributed by atoms with Crippen molar-refractivity contribution in [3.63, 3.8) is 0 Å². The summed E-state index contributed by atoms with van der Waals surface area (Å²) in [5, 5.41) is 4.08. The highest BCUT2D eigenvalue weighted by atomic mass is 19.4. The molecule has 1 atom stereocenters. The van der Waals surface area contributed by atoms with E-state index in [0.717, 1.165) is 10.9 Å². The Balaban J connectivity index is 1.58. The fourth-order valence-electron chi connectivity index (χ4n) is 3.68. The first-order valence-corrected chi connectivity index (χ1v) is 9.88. The Labute approximate surface area is 185 Å². The number of imide groups is 1. The van der Waals surface area contributed by atoms with Crippen molar-refractivity contribution < 1.29 is 32.3 Å². The van der Waals surface area contributed by atoms with Gasteiger partial charge in [0.2, 0.25) is 0 Å². The molecule has 1 fully saturated rings. The summed E-state index contributed by atoms with van der Waals surface area (Å²) in [7, 11) is 1.50. The van der Waals surface area contributed by atoms with Gasteiger partial charge in [0.25, 0.3) is 17.5 Å². The van der Waals surface area contributed by atoms with Crippen LogP contribution >= 0.6 is 0 Å². The molecule has 0 saturated carbocycles. The Morgan fingerprint density at radius 2 is 1.88 bits per heavy atom. The smallest absolute Gasteiger partial charge is 0.440 e. The van der Waals surface area contributed by atoms with Crippen LogP contribution in [0.25, 0.3) is 10.9 Å². The molecular formula is C22H19F3N4O4. The molecule has 4 rings (SSSR count). The van der Waals surface area contributed by atoms with Crippen molar-refractivity contribution in [1.82, 2.24) is 20.5 Å². The molecule has 0 spiro atoms. The molecule has 3 N–H and O–H groups in total. The molecule has 2 heterocycles. The number of hydrogen-bond donors (Lipinski definition) is 3. The van der Waals surface area contributed by atoms with E-state index in [2.05, 4.69) is 4.98 Å². The van der Waals surface area contributed by atoms with Crippen LogP contribution in [0.4, 0.5) is 18.0 Å². The van der Waals surface area contributed by atoms with Crippen molar-refractivity contribution in [1.29, 1.82) is 0 Å². The van der Waals surface area contributed by atoms with Crippen LogP contribution in [0.2, 0.25) is 0 Å². The largest absolute Gasteiger partial charge is 0.497 e. The third kappa shape index (κ3) is 3.86. The lowest BCUT2D eigenvalue weighted by Gasteiger charge is -2.29. The van der Waals surface area contributed by atoms with E-state index >= 15 is 0 Å². The zero-order valence-corrected chi connectivity index (χ0v) is 17.3. The fraction of sp³-hybridized carbons (Fsp3) is 0.227. The van der Waals surface area contributed by atoms with Gasteiger partial charge in [0, 0.05) is 29.2 Å².